The molecule has 190 valence electrons. The van der Waals surface area contributed by atoms with Gasteiger partial charge in [0.25, 0.3) is 0 Å². The van der Waals surface area contributed by atoms with E-state index in [1.165, 1.54) is 29.4 Å². The third-order valence-electron chi connectivity index (χ3n) is 7.56. The van der Waals surface area contributed by atoms with Crippen LogP contribution in [-0.2, 0) is 22.9 Å². The third kappa shape index (κ3) is 4.76. The first-order chi connectivity index (χ1) is 17.8. The average Bonchev–Trinajstić information content (AvgIpc) is 3.37. The monoisotopic (exact) mass is 515 g/mol. The summed E-state index contributed by atoms with van der Waals surface area (Å²) >= 11 is 0. The van der Waals surface area contributed by atoms with Gasteiger partial charge in [-0.15, -0.1) is 0 Å². The van der Waals surface area contributed by atoms with Gasteiger partial charge < -0.3 is 9.88 Å². The second kappa shape index (κ2) is 9.39. The molecule has 1 aliphatic carbocycles. The predicted octanol–water partition coefficient (Wildman–Crippen LogP) is 4.15. The van der Waals surface area contributed by atoms with E-state index in [0.717, 1.165) is 37.1 Å². The van der Waals surface area contributed by atoms with E-state index >= 15 is 0 Å². The number of sulfonamides is 1. The largest absolute Gasteiger partial charge is 0.324 e. The molecule has 37 heavy (non-hydrogen) atoms. The van der Waals surface area contributed by atoms with Crippen LogP contribution in [0, 0.1) is 0 Å². The molecule has 2 aliphatic rings. The molecular weight excluding hydrogens is 486 g/mol. The summed E-state index contributed by atoms with van der Waals surface area (Å²) in [6.07, 6.45) is 9.64. The molecule has 1 N–H and O–H groups in total. The lowest BCUT2D eigenvalue weighted by atomic mass is 9.90. The molecule has 4 aromatic rings. The fraction of sp³-hybridized carbons (Fsp3) is 0.321. The molecular formula is C28H29N5O3S. The summed E-state index contributed by atoms with van der Waals surface area (Å²) in [4.78, 5) is 21.7. The zero-order valence-corrected chi connectivity index (χ0v) is 21.5. The first-order valence-corrected chi connectivity index (χ1v) is 14.5. The lowest BCUT2D eigenvalue weighted by Crippen LogP contribution is -2.37. The molecule has 6 rings (SSSR count). The summed E-state index contributed by atoms with van der Waals surface area (Å²) in [5.74, 6) is 0.757. The molecule has 3 heterocycles. The van der Waals surface area contributed by atoms with E-state index in [9.17, 15) is 13.2 Å². The van der Waals surface area contributed by atoms with Gasteiger partial charge in [-0.3, -0.25) is 4.79 Å². The van der Waals surface area contributed by atoms with Gasteiger partial charge in [-0.2, -0.15) is 4.98 Å². The fourth-order valence-corrected chi connectivity index (χ4v) is 6.37. The van der Waals surface area contributed by atoms with Crippen LogP contribution < -0.4 is 10.7 Å². The second-order valence-electron chi connectivity index (χ2n) is 9.97. The van der Waals surface area contributed by atoms with E-state index in [1.807, 2.05) is 16.7 Å². The van der Waals surface area contributed by atoms with E-state index in [-0.39, 0.29) is 5.43 Å². The van der Waals surface area contributed by atoms with E-state index in [2.05, 4.69) is 40.6 Å². The van der Waals surface area contributed by atoms with Gasteiger partial charge in [0.05, 0.1) is 11.6 Å². The Labute approximate surface area is 216 Å². The van der Waals surface area contributed by atoms with Crippen molar-refractivity contribution in [2.45, 2.75) is 38.0 Å². The van der Waals surface area contributed by atoms with Crippen molar-refractivity contribution in [1.29, 1.82) is 0 Å². The summed E-state index contributed by atoms with van der Waals surface area (Å²) in [6.45, 7) is 1.11. The molecule has 0 radical (unpaired) electrons. The zero-order valence-electron chi connectivity index (χ0n) is 20.7. The minimum absolute atomic E-state index is 0.106. The number of fused-ring (bicyclic) bond motifs is 2. The van der Waals surface area contributed by atoms with Gasteiger partial charge in [-0.25, -0.2) is 17.7 Å². The van der Waals surface area contributed by atoms with Crippen LogP contribution in [0.25, 0.3) is 16.7 Å². The minimum Gasteiger partial charge on any atom is -0.324 e. The average molecular weight is 516 g/mol. The molecule has 0 atom stereocenters. The maximum absolute atomic E-state index is 12.5. The second-order valence-corrected chi connectivity index (χ2v) is 12.0. The number of hydrogen-bond donors (Lipinski definition) is 1. The van der Waals surface area contributed by atoms with Crippen LogP contribution in [0.3, 0.4) is 0 Å². The first-order valence-electron chi connectivity index (χ1n) is 12.7. The number of nitrogens with one attached hydrogen (secondary N) is 1. The van der Waals surface area contributed by atoms with Crippen molar-refractivity contribution in [1.82, 2.24) is 18.8 Å². The molecule has 2 aromatic carbocycles. The summed E-state index contributed by atoms with van der Waals surface area (Å²) in [7, 11) is -3.13. The number of benzene rings is 2. The van der Waals surface area contributed by atoms with Gasteiger partial charge in [0.15, 0.2) is 11.1 Å². The van der Waals surface area contributed by atoms with Crippen LogP contribution in [0.1, 0.15) is 41.9 Å². The van der Waals surface area contributed by atoms with Gasteiger partial charge >= 0.3 is 0 Å². The molecule has 1 aliphatic heterocycles. The van der Waals surface area contributed by atoms with Gasteiger partial charge in [-0.05, 0) is 79.0 Å². The standard InChI is InChI=1S/C28H29N5O3S/c1-37(35,36)32-14-11-21(12-15-32)20-5-8-23(9-6-20)30-28-29-18-25-26(34)13-16-33(27(25)31-28)24-10-7-19-3-2-4-22(19)17-24/h5-10,13,16-18,21H,2-4,11-12,14-15H2,1H3,(H,29,30,31). The molecule has 1 fully saturated rings. The quantitative estimate of drug-likeness (QED) is 0.429. The van der Waals surface area contributed by atoms with Crippen molar-refractivity contribution in [2.24, 2.45) is 0 Å². The molecule has 9 heteroatoms. The Hall–Kier alpha value is -3.56. The van der Waals surface area contributed by atoms with Crippen molar-refractivity contribution in [2.75, 3.05) is 24.7 Å². The molecule has 0 amide bonds. The maximum Gasteiger partial charge on any atom is 0.229 e. The summed E-state index contributed by atoms with van der Waals surface area (Å²) in [5.41, 5.74) is 6.25. The Kier molecular flexibility index (Phi) is 6.04. The van der Waals surface area contributed by atoms with Crippen molar-refractivity contribution < 1.29 is 8.42 Å². The molecule has 0 bridgehead atoms. The Morgan fingerprint density at radius 2 is 1.73 bits per heavy atom. The number of piperidine rings is 1. The van der Waals surface area contributed by atoms with Crippen LogP contribution in [0.2, 0.25) is 0 Å². The normalized spacial score (nSPS) is 16.7. The van der Waals surface area contributed by atoms with Crippen LogP contribution >= 0.6 is 0 Å². The molecule has 0 spiro atoms. The summed E-state index contributed by atoms with van der Waals surface area (Å²) < 4.78 is 27.1. The topological polar surface area (TPSA) is 97.2 Å². The Morgan fingerprint density at radius 1 is 0.973 bits per heavy atom. The van der Waals surface area contributed by atoms with Crippen LogP contribution in [0.4, 0.5) is 11.6 Å². The van der Waals surface area contributed by atoms with E-state index in [0.29, 0.717) is 36.0 Å². The maximum atomic E-state index is 12.5. The van der Waals surface area contributed by atoms with Gasteiger partial charge in [0.1, 0.15) is 0 Å². The van der Waals surface area contributed by atoms with Gasteiger partial charge in [0, 0.05) is 42.9 Å². The number of pyridine rings is 1. The van der Waals surface area contributed by atoms with E-state index in [4.69, 9.17) is 4.98 Å². The predicted molar refractivity (Wildman–Crippen MR) is 145 cm³/mol. The SMILES string of the molecule is CS(=O)(=O)N1CCC(c2ccc(Nc3ncc4c(=O)ccn(-c5ccc6c(c5)CCC6)c4n3)cc2)CC1. The zero-order chi connectivity index (χ0) is 25.6. The Morgan fingerprint density at radius 3 is 2.49 bits per heavy atom. The Bertz CT molecular complexity index is 1640. The molecule has 1 saturated heterocycles. The number of hydrogen-bond acceptors (Lipinski definition) is 6. The van der Waals surface area contributed by atoms with Crippen LogP contribution in [-0.4, -0.2) is 46.6 Å². The summed E-state index contributed by atoms with van der Waals surface area (Å²) in [5, 5.41) is 3.74. The van der Waals surface area contributed by atoms with Crippen molar-refractivity contribution in [3.05, 3.63) is 87.8 Å². The van der Waals surface area contributed by atoms with Gasteiger partial charge in [0.2, 0.25) is 16.0 Å². The van der Waals surface area contributed by atoms with E-state index < -0.39 is 10.0 Å². The van der Waals surface area contributed by atoms with E-state index in [1.54, 1.807) is 22.8 Å². The molecule has 8 nitrogen and oxygen atoms in total. The minimum atomic E-state index is -3.13. The first kappa shape index (κ1) is 23.8. The number of aryl methyl sites for hydroxylation is 2. The molecule has 0 unspecified atom stereocenters. The Balaban J connectivity index is 1.24. The smallest absolute Gasteiger partial charge is 0.229 e. The number of rotatable bonds is 5. The van der Waals surface area contributed by atoms with Gasteiger partial charge in [-0.1, -0.05) is 18.2 Å². The highest BCUT2D eigenvalue weighted by molar-refractivity contribution is 7.88. The van der Waals surface area contributed by atoms with Crippen molar-refractivity contribution in [3.8, 4) is 5.69 Å². The van der Waals surface area contributed by atoms with Crippen molar-refractivity contribution in [3.63, 3.8) is 0 Å². The third-order valence-corrected chi connectivity index (χ3v) is 8.86. The highest BCUT2D eigenvalue weighted by atomic mass is 32.2. The summed E-state index contributed by atoms with van der Waals surface area (Å²) in [6, 6.07) is 16.1. The van der Waals surface area contributed by atoms with Crippen molar-refractivity contribution >= 4 is 32.7 Å². The number of anilines is 2. The lowest BCUT2D eigenvalue weighted by molar-refractivity contribution is 0.321. The highest BCUT2D eigenvalue weighted by Crippen LogP contribution is 2.30. The van der Waals surface area contributed by atoms with Crippen LogP contribution in [0.5, 0.6) is 0 Å². The number of nitrogens with zero attached hydrogens (tertiary/aromatic N) is 4. The molecule has 0 saturated carbocycles. The van der Waals surface area contributed by atoms with Crippen LogP contribution in [0.15, 0.2) is 65.7 Å². The highest BCUT2D eigenvalue weighted by Gasteiger charge is 2.25. The lowest BCUT2D eigenvalue weighted by Gasteiger charge is -2.30. The molecule has 2 aromatic heterocycles. The number of aromatic nitrogens is 3. The fourth-order valence-electron chi connectivity index (χ4n) is 5.50.